The van der Waals surface area contributed by atoms with Crippen molar-refractivity contribution in [2.75, 3.05) is 18.0 Å². The lowest BCUT2D eigenvalue weighted by molar-refractivity contribution is 0.544. The van der Waals surface area contributed by atoms with Gasteiger partial charge in [0.05, 0.1) is 0 Å². The highest BCUT2D eigenvalue weighted by Crippen LogP contribution is 2.23. The molecule has 0 saturated carbocycles. The molecule has 16 heavy (non-hydrogen) atoms. The minimum Gasteiger partial charge on any atom is -0.357 e. The zero-order valence-electron chi connectivity index (χ0n) is 10.7. The first kappa shape index (κ1) is 13.2. The molecule has 0 saturated heterocycles. The molecule has 3 nitrogen and oxygen atoms in total. The molecule has 0 aromatic carbocycles. The molecule has 0 spiro atoms. The van der Waals surface area contributed by atoms with Crippen LogP contribution in [-0.4, -0.2) is 23.1 Å². The summed E-state index contributed by atoms with van der Waals surface area (Å²) in [7, 11) is 0. The molecule has 0 N–H and O–H groups in total. The van der Waals surface area contributed by atoms with Crippen molar-refractivity contribution in [3.05, 3.63) is 17.0 Å². The molecule has 0 unspecified atom stereocenters. The van der Waals surface area contributed by atoms with Gasteiger partial charge in [-0.25, -0.2) is 9.97 Å². The molecule has 1 rings (SSSR count). The van der Waals surface area contributed by atoms with E-state index in [0.717, 1.165) is 24.7 Å². The Labute approximate surface area is 103 Å². The molecule has 0 radical (unpaired) electrons. The van der Waals surface area contributed by atoms with Crippen molar-refractivity contribution >= 4 is 17.4 Å². The van der Waals surface area contributed by atoms with Crippen LogP contribution in [0.4, 0.5) is 5.82 Å². The van der Waals surface area contributed by atoms with Gasteiger partial charge < -0.3 is 4.90 Å². The third kappa shape index (κ3) is 3.08. The third-order valence-corrected chi connectivity index (χ3v) is 2.63. The highest BCUT2D eigenvalue weighted by atomic mass is 35.5. The zero-order valence-corrected chi connectivity index (χ0v) is 11.5. The summed E-state index contributed by atoms with van der Waals surface area (Å²) in [6.45, 7) is 12.3. The maximum absolute atomic E-state index is 6.04. The number of halogens is 1. The SMILES string of the molecule is CCN(CC)c1cc(Cl)nc(C(C)(C)C)n1. The fourth-order valence-electron chi connectivity index (χ4n) is 1.45. The van der Waals surface area contributed by atoms with Crippen LogP contribution in [0.25, 0.3) is 0 Å². The number of nitrogens with zero attached hydrogens (tertiary/aromatic N) is 3. The second kappa shape index (κ2) is 5.00. The van der Waals surface area contributed by atoms with Crippen LogP contribution in [0.3, 0.4) is 0 Å². The minimum absolute atomic E-state index is 0.0766. The molecule has 1 aromatic heterocycles. The first-order chi connectivity index (χ1) is 7.38. The van der Waals surface area contributed by atoms with Gasteiger partial charge in [0.1, 0.15) is 16.8 Å². The second-order valence-electron chi connectivity index (χ2n) is 4.79. The molecule has 0 aliphatic rings. The summed E-state index contributed by atoms with van der Waals surface area (Å²) in [4.78, 5) is 11.0. The quantitative estimate of drug-likeness (QED) is 0.761. The van der Waals surface area contributed by atoms with Crippen molar-refractivity contribution in [1.82, 2.24) is 9.97 Å². The van der Waals surface area contributed by atoms with Crippen molar-refractivity contribution in [1.29, 1.82) is 0 Å². The third-order valence-electron chi connectivity index (χ3n) is 2.44. The van der Waals surface area contributed by atoms with Crippen molar-refractivity contribution in [3.63, 3.8) is 0 Å². The molecule has 1 aromatic rings. The Bertz CT molecular complexity index is 354. The summed E-state index contributed by atoms with van der Waals surface area (Å²) >= 11 is 6.04. The van der Waals surface area contributed by atoms with Crippen LogP contribution in [-0.2, 0) is 5.41 Å². The van der Waals surface area contributed by atoms with Crippen LogP contribution in [0.5, 0.6) is 0 Å². The van der Waals surface area contributed by atoms with E-state index in [1.807, 2.05) is 6.07 Å². The molecule has 0 fully saturated rings. The Kier molecular flexibility index (Phi) is 4.14. The van der Waals surface area contributed by atoms with Crippen LogP contribution in [0.1, 0.15) is 40.4 Å². The summed E-state index contributed by atoms with van der Waals surface area (Å²) in [5, 5.41) is 0.516. The average molecular weight is 242 g/mol. The Hall–Kier alpha value is -0.830. The highest BCUT2D eigenvalue weighted by molar-refractivity contribution is 6.29. The van der Waals surface area contributed by atoms with Gasteiger partial charge in [-0.05, 0) is 13.8 Å². The molecule has 1 heterocycles. The number of rotatable bonds is 3. The maximum atomic E-state index is 6.04. The second-order valence-corrected chi connectivity index (χ2v) is 5.18. The van der Waals surface area contributed by atoms with Crippen molar-refractivity contribution in [3.8, 4) is 0 Å². The molecule has 0 bridgehead atoms. The number of aromatic nitrogens is 2. The van der Waals surface area contributed by atoms with Gasteiger partial charge in [-0.15, -0.1) is 0 Å². The van der Waals surface area contributed by atoms with Crippen LogP contribution in [0.15, 0.2) is 6.07 Å². The van der Waals surface area contributed by atoms with Gasteiger partial charge in [0, 0.05) is 24.6 Å². The normalized spacial score (nSPS) is 11.6. The lowest BCUT2D eigenvalue weighted by Crippen LogP contribution is -2.25. The average Bonchev–Trinajstić information content (AvgIpc) is 2.17. The molecule has 0 atom stereocenters. The lowest BCUT2D eigenvalue weighted by atomic mass is 9.96. The standard InChI is InChI=1S/C12H20ClN3/c1-6-16(7-2)10-8-9(13)14-11(15-10)12(3,4)5/h8H,6-7H2,1-5H3. The zero-order chi connectivity index (χ0) is 12.3. The fraction of sp³-hybridized carbons (Fsp3) is 0.667. The molecule has 0 aliphatic carbocycles. The Morgan fingerprint density at radius 3 is 2.19 bits per heavy atom. The molecule has 4 heteroatoms. The molecular weight excluding hydrogens is 222 g/mol. The monoisotopic (exact) mass is 241 g/mol. The van der Waals surface area contributed by atoms with Gasteiger partial charge >= 0.3 is 0 Å². The van der Waals surface area contributed by atoms with E-state index in [1.54, 1.807) is 0 Å². The van der Waals surface area contributed by atoms with Crippen LogP contribution >= 0.6 is 11.6 Å². The van der Waals surface area contributed by atoms with Gasteiger partial charge in [0.15, 0.2) is 0 Å². The predicted octanol–water partition coefficient (Wildman–Crippen LogP) is 3.27. The van der Waals surface area contributed by atoms with Gasteiger partial charge in [0.25, 0.3) is 0 Å². The van der Waals surface area contributed by atoms with Crippen molar-refractivity contribution in [2.45, 2.75) is 40.0 Å². The Balaban J connectivity index is 3.17. The van der Waals surface area contributed by atoms with E-state index in [9.17, 15) is 0 Å². The Morgan fingerprint density at radius 2 is 1.75 bits per heavy atom. The summed E-state index contributed by atoms with van der Waals surface area (Å²) in [5.74, 6) is 1.71. The van der Waals surface area contributed by atoms with E-state index in [2.05, 4.69) is 49.5 Å². The maximum Gasteiger partial charge on any atom is 0.137 e. The van der Waals surface area contributed by atoms with Gasteiger partial charge in [-0.1, -0.05) is 32.4 Å². The number of hydrogen-bond donors (Lipinski definition) is 0. The largest absolute Gasteiger partial charge is 0.357 e. The number of hydrogen-bond acceptors (Lipinski definition) is 3. The van der Waals surface area contributed by atoms with Crippen LogP contribution in [0, 0.1) is 0 Å². The predicted molar refractivity (Wildman–Crippen MR) is 69.3 cm³/mol. The Morgan fingerprint density at radius 1 is 1.19 bits per heavy atom. The topological polar surface area (TPSA) is 29.0 Å². The molecular formula is C12H20ClN3. The summed E-state index contributed by atoms with van der Waals surface area (Å²) in [6.07, 6.45) is 0. The minimum atomic E-state index is -0.0766. The van der Waals surface area contributed by atoms with Crippen molar-refractivity contribution in [2.24, 2.45) is 0 Å². The highest BCUT2D eigenvalue weighted by Gasteiger charge is 2.19. The van der Waals surface area contributed by atoms with E-state index >= 15 is 0 Å². The molecule has 0 aliphatic heterocycles. The molecule has 0 amide bonds. The van der Waals surface area contributed by atoms with Crippen LogP contribution < -0.4 is 4.90 Å². The van der Waals surface area contributed by atoms with Gasteiger partial charge in [-0.3, -0.25) is 0 Å². The van der Waals surface area contributed by atoms with E-state index in [1.165, 1.54) is 0 Å². The van der Waals surface area contributed by atoms with E-state index in [0.29, 0.717) is 5.15 Å². The van der Waals surface area contributed by atoms with Gasteiger partial charge in [-0.2, -0.15) is 0 Å². The fourth-order valence-corrected chi connectivity index (χ4v) is 1.63. The summed E-state index contributed by atoms with van der Waals surface area (Å²) < 4.78 is 0. The van der Waals surface area contributed by atoms with Crippen LogP contribution in [0.2, 0.25) is 5.15 Å². The van der Waals surface area contributed by atoms with E-state index < -0.39 is 0 Å². The van der Waals surface area contributed by atoms with E-state index in [-0.39, 0.29) is 5.41 Å². The summed E-state index contributed by atoms with van der Waals surface area (Å²) in [6, 6.07) is 1.82. The smallest absolute Gasteiger partial charge is 0.137 e. The molecule has 90 valence electrons. The summed E-state index contributed by atoms with van der Waals surface area (Å²) in [5.41, 5.74) is -0.0766. The van der Waals surface area contributed by atoms with Crippen molar-refractivity contribution < 1.29 is 0 Å². The van der Waals surface area contributed by atoms with Gasteiger partial charge in [0.2, 0.25) is 0 Å². The van der Waals surface area contributed by atoms with E-state index in [4.69, 9.17) is 11.6 Å². The first-order valence-electron chi connectivity index (χ1n) is 5.68. The number of anilines is 1. The first-order valence-corrected chi connectivity index (χ1v) is 6.06. The lowest BCUT2D eigenvalue weighted by Gasteiger charge is -2.23.